The lowest BCUT2D eigenvalue weighted by atomic mass is 10.1. The van der Waals surface area contributed by atoms with E-state index in [0.717, 1.165) is 5.56 Å². The molecule has 0 aromatic carbocycles. The van der Waals surface area contributed by atoms with Crippen molar-refractivity contribution in [1.82, 2.24) is 10.3 Å². The lowest BCUT2D eigenvalue weighted by Gasteiger charge is -2.22. The van der Waals surface area contributed by atoms with E-state index in [4.69, 9.17) is 0 Å². The van der Waals surface area contributed by atoms with Gasteiger partial charge in [-0.05, 0) is 38.5 Å². The van der Waals surface area contributed by atoms with E-state index in [1.54, 1.807) is 19.2 Å². The van der Waals surface area contributed by atoms with Gasteiger partial charge in [0.1, 0.15) is 5.82 Å². The van der Waals surface area contributed by atoms with E-state index in [9.17, 15) is 9.90 Å². The Kier molecular flexibility index (Phi) is 5.58. The predicted molar refractivity (Wildman–Crippen MR) is 71.4 cm³/mol. The van der Waals surface area contributed by atoms with E-state index in [0.29, 0.717) is 18.9 Å². The molecule has 0 saturated carbocycles. The van der Waals surface area contributed by atoms with Crippen LogP contribution in [-0.4, -0.2) is 35.6 Å². The first-order valence-electron chi connectivity index (χ1n) is 6.24. The van der Waals surface area contributed by atoms with Crippen LogP contribution >= 0.6 is 0 Å². The molecule has 0 fully saturated rings. The first-order valence-corrected chi connectivity index (χ1v) is 6.24. The van der Waals surface area contributed by atoms with Crippen molar-refractivity contribution in [2.24, 2.45) is 0 Å². The van der Waals surface area contributed by atoms with Crippen molar-refractivity contribution in [3.8, 4) is 0 Å². The number of aliphatic hydroxyl groups excluding tert-OH is 1. The van der Waals surface area contributed by atoms with Crippen LogP contribution in [0, 0.1) is 0 Å². The minimum Gasteiger partial charge on any atom is -0.389 e. The fourth-order valence-electron chi connectivity index (χ4n) is 1.65. The first kappa shape index (κ1) is 14.4. The minimum atomic E-state index is -0.532. The number of rotatable bonds is 6. The van der Waals surface area contributed by atoms with Crippen molar-refractivity contribution >= 4 is 11.7 Å². The summed E-state index contributed by atoms with van der Waals surface area (Å²) in [4.78, 5) is 17.7. The van der Waals surface area contributed by atoms with Crippen LogP contribution in [0.15, 0.2) is 18.3 Å². The second-order valence-corrected chi connectivity index (χ2v) is 4.09. The Morgan fingerprint density at radius 1 is 1.56 bits per heavy atom. The summed E-state index contributed by atoms with van der Waals surface area (Å²) in [5.41, 5.74) is 0.800. The highest BCUT2D eigenvalue weighted by atomic mass is 16.3. The molecule has 1 rings (SSSR count). The Hall–Kier alpha value is -1.62. The molecule has 18 heavy (non-hydrogen) atoms. The molecule has 1 aromatic heterocycles. The Balaban J connectivity index is 2.81. The molecule has 2 N–H and O–H groups in total. The Bertz CT molecular complexity index is 394. The third-order valence-electron chi connectivity index (χ3n) is 2.67. The largest absolute Gasteiger partial charge is 0.389 e. The lowest BCUT2D eigenvalue weighted by molar-refractivity contribution is -0.119. The molecule has 0 bridgehead atoms. The van der Waals surface area contributed by atoms with E-state index < -0.39 is 6.10 Å². The molecular weight excluding hydrogens is 230 g/mol. The van der Waals surface area contributed by atoms with Crippen molar-refractivity contribution in [2.45, 2.75) is 26.9 Å². The van der Waals surface area contributed by atoms with E-state index in [2.05, 4.69) is 10.3 Å². The summed E-state index contributed by atoms with van der Waals surface area (Å²) in [6, 6.07) is 3.58. The highest BCUT2D eigenvalue weighted by molar-refractivity contribution is 5.80. The van der Waals surface area contributed by atoms with Crippen LogP contribution in [0.2, 0.25) is 0 Å². The molecule has 0 radical (unpaired) electrons. The van der Waals surface area contributed by atoms with Crippen LogP contribution in [0.1, 0.15) is 32.4 Å². The summed E-state index contributed by atoms with van der Waals surface area (Å²) in [7, 11) is 0. The first-order chi connectivity index (χ1) is 8.58. The van der Waals surface area contributed by atoms with Crippen molar-refractivity contribution in [3.63, 3.8) is 0 Å². The van der Waals surface area contributed by atoms with Crippen molar-refractivity contribution < 1.29 is 9.90 Å². The fraction of sp³-hybridized carbons (Fsp3) is 0.538. The zero-order valence-electron chi connectivity index (χ0n) is 11.2. The fourth-order valence-corrected chi connectivity index (χ4v) is 1.65. The van der Waals surface area contributed by atoms with E-state index in [-0.39, 0.29) is 12.5 Å². The molecule has 0 aliphatic carbocycles. The molecule has 0 aliphatic rings. The third-order valence-corrected chi connectivity index (χ3v) is 2.67. The van der Waals surface area contributed by atoms with Gasteiger partial charge < -0.3 is 15.3 Å². The van der Waals surface area contributed by atoms with E-state index in [1.807, 2.05) is 24.8 Å². The second-order valence-electron chi connectivity index (χ2n) is 4.09. The number of carbonyl (C=O) groups excluding carboxylic acids is 1. The number of amides is 1. The van der Waals surface area contributed by atoms with Crippen molar-refractivity contribution in [1.29, 1.82) is 0 Å². The van der Waals surface area contributed by atoms with Gasteiger partial charge in [-0.3, -0.25) is 4.79 Å². The van der Waals surface area contributed by atoms with Crippen LogP contribution in [0.25, 0.3) is 0 Å². The molecule has 0 unspecified atom stereocenters. The van der Waals surface area contributed by atoms with Gasteiger partial charge in [-0.2, -0.15) is 0 Å². The zero-order valence-corrected chi connectivity index (χ0v) is 11.2. The smallest absolute Gasteiger partial charge is 0.239 e. The molecule has 5 heteroatoms. The molecule has 1 amide bonds. The molecule has 100 valence electrons. The average Bonchev–Trinajstić information content (AvgIpc) is 2.36. The van der Waals surface area contributed by atoms with Crippen LogP contribution in [0.4, 0.5) is 5.82 Å². The molecule has 5 nitrogen and oxygen atoms in total. The van der Waals surface area contributed by atoms with Gasteiger partial charge in [0.15, 0.2) is 0 Å². The number of likely N-dealkylation sites (N-methyl/N-ethyl adjacent to an activating group) is 2. The second kappa shape index (κ2) is 6.96. The highest BCUT2D eigenvalue weighted by Crippen LogP contribution is 2.17. The normalized spacial score (nSPS) is 12.0. The summed E-state index contributed by atoms with van der Waals surface area (Å²) < 4.78 is 0. The van der Waals surface area contributed by atoms with Crippen molar-refractivity contribution in [2.75, 3.05) is 24.5 Å². The summed E-state index contributed by atoms with van der Waals surface area (Å²) in [5, 5.41) is 12.3. The predicted octanol–water partition coefficient (Wildman–Crippen LogP) is 1.10. The van der Waals surface area contributed by atoms with Gasteiger partial charge in [0.2, 0.25) is 5.91 Å². The maximum absolute atomic E-state index is 11.6. The molecular formula is C13H21N3O2. The quantitative estimate of drug-likeness (QED) is 0.794. The number of nitrogens with one attached hydrogen (secondary N) is 1. The molecule has 1 aromatic rings. The standard InChI is InChI=1S/C13H21N3O2/c1-4-14-13(18)9-16(5-2)12-8-11(10(3)17)6-7-15-12/h6-8,10,17H,4-5,9H2,1-3H3,(H,14,18)/t10-/m0/s1. The summed E-state index contributed by atoms with van der Waals surface area (Å²) >= 11 is 0. The van der Waals surface area contributed by atoms with Gasteiger partial charge in [0.25, 0.3) is 0 Å². The number of pyridine rings is 1. The number of hydrogen-bond donors (Lipinski definition) is 2. The molecule has 1 atom stereocenters. The van der Waals surface area contributed by atoms with Gasteiger partial charge in [-0.15, -0.1) is 0 Å². The summed E-state index contributed by atoms with van der Waals surface area (Å²) in [6.07, 6.45) is 1.12. The van der Waals surface area contributed by atoms with Gasteiger partial charge >= 0.3 is 0 Å². The van der Waals surface area contributed by atoms with Crippen molar-refractivity contribution in [3.05, 3.63) is 23.9 Å². The monoisotopic (exact) mass is 251 g/mol. The third kappa shape index (κ3) is 4.00. The maximum atomic E-state index is 11.6. The number of aromatic nitrogens is 1. The number of carbonyl (C=O) groups is 1. The van der Waals surface area contributed by atoms with Gasteiger partial charge in [0.05, 0.1) is 12.6 Å². The molecule has 1 heterocycles. The topological polar surface area (TPSA) is 65.5 Å². The lowest BCUT2D eigenvalue weighted by Crippen LogP contribution is -2.37. The summed E-state index contributed by atoms with van der Waals surface area (Å²) in [6.45, 7) is 7.15. The summed E-state index contributed by atoms with van der Waals surface area (Å²) in [5.74, 6) is 0.686. The Morgan fingerprint density at radius 3 is 2.83 bits per heavy atom. The van der Waals surface area contributed by atoms with Gasteiger partial charge in [-0.25, -0.2) is 4.98 Å². The van der Waals surface area contributed by atoms with Gasteiger partial charge in [-0.1, -0.05) is 0 Å². The number of hydrogen-bond acceptors (Lipinski definition) is 4. The molecule has 0 spiro atoms. The Morgan fingerprint density at radius 2 is 2.28 bits per heavy atom. The number of aliphatic hydroxyl groups is 1. The highest BCUT2D eigenvalue weighted by Gasteiger charge is 2.12. The van der Waals surface area contributed by atoms with E-state index in [1.165, 1.54) is 0 Å². The van der Waals surface area contributed by atoms with Crippen LogP contribution < -0.4 is 10.2 Å². The maximum Gasteiger partial charge on any atom is 0.239 e. The zero-order chi connectivity index (χ0) is 13.5. The molecule has 0 saturated heterocycles. The molecule has 0 aliphatic heterocycles. The van der Waals surface area contributed by atoms with E-state index >= 15 is 0 Å². The van der Waals surface area contributed by atoms with Crippen LogP contribution in [0.3, 0.4) is 0 Å². The SMILES string of the molecule is CCNC(=O)CN(CC)c1cc([C@H](C)O)ccn1. The Labute approximate surface area is 108 Å². The van der Waals surface area contributed by atoms with Gasteiger partial charge in [0, 0.05) is 19.3 Å². The minimum absolute atomic E-state index is 0.0244. The van der Waals surface area contributed by atoms with Crippen LogP contribution in [-0.2, 0) is 4.79 Å². The number of anilines is 1. The average molecular weight is 251 g/mol. The number of nitrogens with zero attached hydrogens (tertiary/aromatic N) is 2. The van der Waals surface area contributed by atoms with Crippen LogP contribution in [0.5, 0.6) is 0 Å².